The van der Waals surface area contributed by atoms with Gasteiger partial charge in [-0.3, -0.25) is 20.5 Å². The number of pyridine rings is 1. The Morgan fingerprint density at radius 1 is 1.35 bits per heavy atom. The molecule has 162 valence electrons. The van der Waals surface area contributed by atoms with Crippen LogP contribution in [0.5, 0.6) is 5.75 Å². The zero-order chi connectivity index (χ0) is 22.3. The predicted molar refractivity (Wildman–Crippen MR) is 116 cm³/mol. The number of amidine groups is 1. The third-order valence-corrected chi connectivity index (χ3v) is 6.61. The molecule has 2 N–H and O–H groups in total. The molecule has 1 atom stereocenters. The van der Waals surface area contributed by atoms with Gasteiger partial charge in [0, 0.05) is 17.2 Å². The summed E-state index contributed by atoms with van der Waals surface area (Å²) in [5.74, 6) is 0.784. The minimum Gasteiger partial charge on any atom is -0.497 e. The van der Waals surface area contributed by atoms with Crippen molar-refractivity contribution in [3.05, 3.63) is 47.2 Å². The van der Waals surface area contributed by atoms with Crippen molar-refractivity contribution >= 4 is 34.6 Å². The van der Waals surface area contributed by atoms with Gasteiger partial charge in [0.1, 0.15) is 17.3 Å². The first kappa shape index (κ1) is 21.0. The maximum Gasteiger partial charge on any atom is 0.260 e. The highest BCUT2D eigenvalue weighted by Gasteiger charge is 2.35. The number of carbonyl (C=O) groups excluding carboxylic acids is 1. The molecule has 0 radical (unpaired) electrons. The Bertz CT molecular complexity index is 1150. The second-order valence-corrected chi connectivity index (χ2v) is 8.66. The average molecular weight is 442 g/mol. The highest BCUT2D eigenvalue weighted by Crippen LogP contribution is 2.36. The van der Waals surface area contributed by atoms with Crippen LogP contribution >= 0.6 is 0 Å². The van der Waals surface area contributed by atoms with Crippen LogP contribution in [0.3, 0.4) is 0 Å². The van der Waals surface area contributed by atoms with E-state index in [9.17, 15) is 13.2 Å². The van der Waals surface area contributed by atoms with Crippen LogP contribution in [-0.2, 0) is 17.2 Å². The van der Waals surface area contributed by atoms with Crippen LogP contribution in [-0.4, -0.2) is 49.5 Å². The van der Waals surface area contributed by atoms with Gasteiger partial charge in [-0.2, -0.15) is 0 Å². The lowest BCUT2D eigenvalue weighted by Crippen LogP contribution is -2.39. The largest absolute Gasteiger partial charge is 0.497 e. The Morgan fingerprint density at radius 3 is 2.71 bits per heavy atom. The van der Waals surface area contributed by atoms with Gasteiger partial charge in [-0.15, -0.1) is 0 Å². The molecule has 31 heavy (non-hydrogen) atoms. The number of methoxy groups -OCH3 is 1. The van der Waals surface area contributed by atoms with E-state index >= 15 is 0 Å². The number of nitrogens with one attached hydrogen (secondary N) is 2. The van der Waals surface area contributed by atoms with E-state index in [1.807, 2.05) is 6.92 Å². The fourth-order valence-electron chi connectivity index (χ4n) is 3.86. The van der Waals surface area contributed by atoms with Gasteiger partial charge < -0.3 is 9.64 Å². The van der Waals surface area contributed by atoms with Crippen LogP contribution in [0.2, 0.25) is 0 Å². The van der Waals surface area contributed by atoms with Crippen LogP contribution < -0.4 is 9.64 Å². The van der Waals surface area contributed by atoms with E-state index in [4.69, 9.17) is 15.6 Å². The Balaban J connectivity index is 1.66. The second kappa shape index (κ2) is 8.10. The molecule has 9 nitrogen and oxygen atoms in total. The molecule has 1 aliphatic heterocycles. The number of thiol groups is 1. The van der Waals surface area contributed by atoms with E-state index in [0.29, 0.717) is 28.7 Å². The standard InChI is InChI=1S/C21H23N5O4S/c1-12(13-6-7-13)26(11-22)20(23)17-4-3-5-19(24-17)25-10-16-15(21(25)27)8-14(30-2)9-18(16)31(28)29/h3-5,8-9,11-13,22-23,31H,6-7,10H2,1-2H3. The monoisotopic (exact) mass is 441 g/mol. The number of benzene rings is 1. The minimum atomic E-state index is -2.91. The number of amides is 1. The number of anilines is 1. The van der Waals surface area contributed by atoms with Gasteiger partial charge in [-0.25, -0.2) is 13.4 Å². The molecule has 4 rings (SSSR count). The molecule has 1 fully saturated rings. The van der Waals surface area contributed by atoms with Crippen molar-refractivity contribution in [3.8, 4) is 5.75 Å². The Hall–Kier alpha value is -3.27. The number of ether oxygens (including phenoxy) is 1. The molecule has 0 bridgehead atoms. The van der Waals surface area contributed by atoms with E-state index in [0.717, 1.165) is 19.2 Å². The van der Waals surface area contributed by atoms with E-state index in [-0.39, 0.29) is 34.8 Å². The van der Waals surface area contributed by atoms with Crippen molar-refractivity contribution in [1.29, 1.82) is 10.8 Å². The Morgan fingerprint density at radius 2 is 2.10 bits per heavy atom. The molecule has 1 aliphatic carbocycles. The number of carbonyl (C=O) groups is 1. The van der Waals surface area contributed by atoms with E-state index in [1.165, 1.54) is 24.1 Å². The topological polar surface area (TPSA) is 128 Å². The summed E-state index contributed by atoms with van der Waals surface area (Å²) < 4.78 is 28.6. The second-order valence-electron chi connectivity index (χ2n) is 7.67. The first-order valence-corrected chi connectivity index (χ1v) is 11.1. The molecule has 1 amide bonds. The third-order valence-electron chi connectivity index (χ3n) is 5.82. The van der Waals surface area contributed by atoms with Crippen molar-refractivity contribution in [3.63, 3.8) is 0 Å². The van der Waals surface area contributed by atoms with Crippen LogP contribution in [0.1, 0.15) is 41.4 Å². The first-order valence-electron chi connectivity index (χ1n) is 9.87. The summed E-state index contributed by atoms with van der Waals surface area (Å²) >= 11 is 0. The zero-order valence-electron chi connectivity index (χ0n) is 17.2. The van der Waals surface area contributed by atoms with Crippen LogP contribution in [0, 0.1) is 16.7 Å². The molecule has 1 aromatic carbocycles. The number of nitrogens with zero attached hydrogens (tertiary/aromatic N) is 3. The third kappa shape index (κ3) is 3.78. The molecule has 2 heterocycles. The lowest BCUT2D eigenvalue weighted by molar-refractivity contribution is 0.0995. The van der Waals surface area contributed by atoms with E-state index in [2.05, 4.69) is 4.98 Å². The van der Waals surface area contributed by atoms with Crippen LogP contribution in [0.15, 0.2) is 35.2 Å². The van der Waals surface area contributed by atoms with Gasteiger partial charge in [-0.1, -0.05) is 6.07 Å². The van der Waals surface area contributed by atoms with Crippen molar-refractivity contribution < 1.29 is 17.9 Å². The fraction of sp³-hybridized carbons (Fsp3) is 0.333. The summed E-state index contributed by atoms with van der Waals surface area (Å²) in [5, 5.41) is 16.3. The van der Waals surface area contributed by atoms with Gasteiger partial charge in [0.15, 0.2) is 16.5 Å². The zero-order valence-corrected chi connectivity index (χ0v) is 18.1. The van der Waals surface area contributed by atoms with Gasteiger partial charge in [0.25, 0.3) is 5.91 Å². The molecule has 2 aromatic rings. The molecule has 1 unspecified atom stereocenters. The molecule has 1 saturated carbocycles. The first-order chi connectivity index (χ1) is 14.8. The Labute approximate surface area is 181 Å². The van der Waals surface area contributed by atoms with Gasteiger partial charge in [0.2, 0.25) is 0 Å². The summed E-state index contributed by atoms with van der Waals surface area (Å²) in [6.45, 7) is 2.05. The number of rotatable bonds is 7. The highest BCUT2D eigenvalue weighted by atomic mass is 32.2. The van der Waals surface area contributed by atoms with Crippen LogP contribution in [0.4, 0.5) is 5.82 Å². The number of fused-ring (bicyclic) bond motifs is 1. The SMILES string of the molecule is COc1cc2c(c([SH](=O)=O)c1)CN(c1cccc(C(=N)N(C=N)C(C)C3CC3)n1)C2=O. The molecule has 1 aromatic heterocycles. The fourth-order valence-corrected chi connectivity index (χ4v) is 4.50. The summed E-state index contributed by atoms with van der Waals surface area (Å²) in [7, 11) is -1.50. The minimum absolute atomic E-state index is 0.0245. The maximum absolute atomic E-state index is 13.1. The van der Waals surface area contributed by atoms with E-state index in [1.54, 1.807) is 23.1 Å². The average Bonchev–Trinajstić information content (AvgIpc) is 3.57. The predicted octanol–water partition coefficient (Wildman–Crippen LogP) is 2.25. The van der Waals surface area contributed by atoms with Crippen molar-refractivity contribution in [2.75, 3.05) is 12.0 Å². The normalized spacial score (nSPS) is 16.2. The number of aromatic nitrogens is 1. The lowest BCUT2D eigenvalue weighted by Gasteiger charge is -2.27. The number of hydrogen-bond donors (Lipinski definition) is 3. The smallest absolute Gasteiger partial charge is 0.260 e. The van der Waals surface area contributed by atoms with Gasteiger partial charge >= 0.3 is 0 Å². The van der Waals surface area contributed by atoms with Crippen molar-refractivity contribution in [2.45, 2.75) is 37.2 Å². The maximum atomic E-state index is 13.1. The van der Waals surface area contributed by atoms with Crippen molar-refractivity contribution in [1.82, 2.24) is 9.88 Å². The molecule has 10 heteroatoms. The van der Waals surface area contributed by atoms with Crippen molar-refractivity contribution in [2.24, 2.45) is 5.92 Å². The van der Waals surface area contributed by atoms with E-state index < -0.39 is 10.7 Å². The summed E-state index contributed by atoms with van der Waals surface area (Å²) in [4.78, 5) is 20.6. The Kier molecular flexibility index (Phi) is 5.48. The molecular weight excluding hydrogens is 418 g/mol. The van der Waals surface area contributed by atoms with Crippen LogP contribution in [0.25, 0.3) is 0 Å². The summed E-state index contributed by atoms with van der Waals surface area (Å²) in [5.41, 5.74) is 1.01. The summed E-state index contributed by atoms with van der Waals surface area (Å²) in [6.07, 6.45) is 3.31. The van der Waals surface area contributed by atoms with Gasteiger partial charge in [0.05, 0.1) is 24.9 Å². The molecule has 2 aliphatic rings. The quantitative estimate of drug-likeness (QED) is 0.344. The molecule has 0 saturated heterocycles. The molecular formula is C21H23N5O4S. The number of hydrogen-bond acceptors (Lipinski definition) is 7. The summed E-state index contributed by atoms with van der Waals surface area (Å²) in [6, 6.07) is 7.97. The highest BCUT2D eigenvalue weighted by molar-refractivity contribution is 7.72. The molecule has 0 spiro atoms. The lowest BCUT2D eigenvalue weighted by atomic mass is 10.1. The van der Waals surface area contributed by atoms with Gasteiger partial charge in [-0.05, 0) is 49.9 Å².